The number of hydrogen-bond donors (Lipinski definition) is 2. The Morgan fingerprint density at radius 1 is 1.24 bits per heavy atom. The summed E-state index contributed by atoms with van der Waals surface area (Å²) in [6.07, 6.45) is 0.590. The number of benzene rings is 1. The maximum atomic E-state index is 13.4. The zero-order valence-electron chi connectivity index (χ0n) is 8.71. The molecule has 1 aromatic carbocycles. The fourth-order valence-electron chi connectivity index (χ4n) is 2.05. The minimum Gasteiger partial charge on any atom is -0.480 e. The maximum Gasteiger partial charge on any atom is 0.320 e. The van der Waals surface area contributed by atoms with Crippen molar-refractivity contribution in [2.24, 2.45) is 0 Å². The van der Waals surface area contributed by atoms with Crippen LogP contribution in [0.3, 0.4) is 0 Å². The molecule has 1 saturated heterocycles. The first kappa shape index (κ1) is 11.9. The van der Waals surface area contributed by atoms with E-state index in [9.17, 15) is 18.0 Å². The molecule has 3 nitrogen and oxygen atoms in total. The summed E-state index contributed by atoms with van der Waals surface area (Å²) in [5.41, 5.74) is -0.296. The lowest BCUT2D eigenvalue weighted by Gasteiger charge is -2.14. The van der Waals surface area contributed by atoms with E-state index in [-0.39, 0.29) is 12.0 Å². The van der Waals surface area contributed by atoms with E-state index in [1.165, 1.54) is 0 Å². The monoisotopic (exact) mass is 245 g/mol. The van der Waals surface area contributed by atoms with Crippen LogP contribution in [-0.4, -0.2) is 17.1 Å². The van der Waals surface area contributed by atoms with Gasteiger partial charge in [-0.2, -0.15) is 0 Å². The van der Waals surface area contributed by atoms with Crippen molar-refractivity contribution < 1.29 is 23.1 Å². The number of carboxylic acids is 1. The molecule has 0 radical (unpaired) electrons. The van der Waals surface area contributed by atoms with Gasteiger partial charge in [-0.05, 0) is 12.8 Å². The van der Waals surface area contributed by atoms with Crippen LogP contribution in [0.15, 0.2) is 12.1 Å². The predicted molar refractivity (Wildman–Crippen MR) is 52.9 cm³/mol. The van der Waals surface area contributed by atoms with Crippen LogP contribution in [0, 0.1) is 17.5 Å². The average Bonchev–Trinajstić information content (AvgIpc) is 2.65. The first-order valence-corrected chi connectivity index (χ1v) is 5.12. The lowest BCUT2D eigenvalue weighted by atomic mass is 10.0. The number of hydrogen-bond acceptors (Lipinski definition) is 2. The molecule has 2 rings (SSSR count). The Morgan fingerprint density at radius 2 is 1.82 bits per heavy atom. The molecule has 0 spiro atoms. The summed E-state index contributed by atoms with van der Waals surface area (Å²) in [4.78, 5) is 10.7. The molecule has 0 saturated carbocycles. The lowest BCUT2D eigenvalue weighted by molar-refractivity contribution is -0.139. The molecule has 1 heterocycles. The van der Waals surface area contributed by atoms with Crippen LogP contribution in [0.1, 0.15) is 24.4 Å². The number of carboxylic acid groups (broad SMARTS) is 1. The van der Waals surface area contributed by atoms with E-state index in [4.69, 9.17) is 5.11 Å². The zero-order chi connectivity index (χ0) is 12.6. The Balaban J connectivity index is 2.27. The van der Waals surface area contributed by atoms with Gasteiger partial charge in [-0.1, -0.05) is 0 Å². The van der Waals surface area contributed by atoms with E-state index < -0.39 is 35.5 Å². The molecule has 1 aliphatic rings. The minimum atomic E-state index is -1.06. The van der Waals surface area contributed by atoms with Crippen molar-refractivity contribution >= 4 is 5.97 Å². The molecule has 2 N–H and O–H groups in total. The quantitative estimate of drug-likeness (QED) is 0.837. The Hall–Kier alpha value is -1.56. The van der Waals surface area contributed by atoms with Gasteiger partial charge in [0, 0.05) is 23.7 Å². The third-order valence-corrected chi connectivity index (χ3v) is 2.84. The Kier molecular flexibility index (Phi) is 3.06. The normalized spacial score (nSPS) is 23.9. The standard InChI is InChI=1S/C11H10F3NO2/c12-5-3-6(13)10(7(14)4-5)8-1-2-9(15-8)11(16)17/h3-4,8-9,15H,1-2H2,(H,16,17)/t8-,9+/m0/s1. The maximum absolute atomic E-state index is 13.4. The third-order valence-electron chi connectivity index (χ3n) is 2.84. The minimum absolute atomic E-state index is 0.288. The summed E-state index contributed by atoms with van der Waals surface area (Å²) in [6, 6.07) is -0.358. The van der Waals surface area contributed by atoms with Gasteiger partial charge < -0.3 is 5.11 Å². The van der Waals surface area contributed by atoms with E-state index in [2.05, 4.69) is 5.32 Å². The van der Waals surface area contributed by atoms with Crippen LogP contribution >= 0.6 is 0 Å². The smallest absolute Gasteiger partial charge is 0.320 e. The van der Waals surface area contributed by atoms with E-state index >= 15 is 0 Å². The van der Waals surface area contributed by atoms with E-state index in [0.717, 1.165) is 0 Å². The van der Waals surface area contributed by atoms with E-state index in [1.807, 2.05) is 0 Å². The van der Waals surface area contributed by atoms with Gasteiger partial charge in [0.15, 0.2) is 0 Å². The van der Waals surface area contributed by atoms with Gasteiger partial charge in [-0.3, -0.25) is 10.1 Å². The SMILES string of the molecule is O=C(O)[C@H]1CC[C@@H](c2c(F)cc(F)cc2F)N1. The number of rotatable bonds is 2. The second-order valence-corrected chi connectivity index (χ2v) is 3.97. The van der Waals surface area contributed by atoms with Crippen LogP contribution < -0.4 is 5.32 Å². The summed E-state index contributed by atoms with van der Waals surface area (Å²) in [5, 5.41) is 11.4. The van der Waals surface area contributed by atoms with Gasteiger partial charge in [0.1, 0.15) is 23.5 Å². The molecule has 1 aliphatic heterocycles. The van der Waals surface area contributed by atoms with Crippen molar-refractivity contribution in [3.05, 3.63) is 35.1 Å². The molecular formula is C11H10F3NO2. The van der Waals surface area contributed by atoms with Gasteiger partial charge in [-0.15, -0.1) is 0 Å². The van der Waals surface area contributed by atoms with Gasteiger partial charge in [0.05, 0.1) is 0 Å². The summed E-state index contributed by atoms with van der Waals surface area (Å²) < 4.78 is 39.6. The Labute approximate surface area is 95.3 Å². The van der Waals surface area contributed by atoms with Crippen LogP contribution in [0.2, 0.25) is 0 Å². The molecule has 1 aromatic rings. The zero-order valence-corrected chi connectivity index (χ0v) is 8.71. The van der Waals surface area contributed by atoms with Gasteiger partial charge in [0.25, 0.3) is 0 Å². The van der Waals surface area contributed by atoms with Crippen molar-refractivity contribution in [2.45, 2.75) is 24.9 Å². The van der Waals surface area contributed by atoms with Gasteiger partial charge in [-0.25, -0.2) is 13.2 Å². The third kappa shape index (κ3) is 2.26. The van der Waals surface area contributed by atoms with Gasteiger partial charge >= 0.3 is 5.97 Å². The molecule has 0 unspecified atom stereocenters. The van der Waals surface area contributed by atoms with E-state index in [1.54, 1.807) is 0 Å². The van der Waals surface area contributed by atoms with Crippen LogP contribution in [-0.2, 0) is 4.79 Å². The highest BCUT2D eigenvalue weighted by Gasteiger charge is 2.32. The summed E-state index contributed by atoms with van der Waals surface area (Å²) in [6.45, 7) is 0. The highest BCUT2D eigenvalue weighted by atomic mass is 19.1. The molecule has 6 heteroatoms. The highest BCUT2D eigenvalue weighted by molar-refractivity contribution is 5.73. The Bertz CT molecular complexity index is 441. The molecule has 0 bridgehead atoms. The van der Waals surface area contributed by atoms with Crippen molar-refractivity contribution in [1.29, 1.82) is 0 Å². The molecule has 2 atom stereocenters. The number of halogens is 3. The van der Waals surface area contributed by atoms with Crippen LogP contribution in [0.5, 0.6) is 0 Å². The van der Waals surface area contributed by atoms with E-state index in [0.29, 0.717) is 18.6 Å². The second-order valence-electron chi connectivity index (χ2n) is 3.97. The van der Waals surface area contributed by atoms with Crippen molar-refractivity contribution in [3.8, 4) is 0 Å². The first-order valence-electron chi connectivity index (χ1n) is 5.12. The topological polar surface area (TPSA) is 49.3 Å². The van der Waals surface area contributed by atoms with Crippen molar-refractivity contribution in [3.63, 3.8) is 0 Å². The average molecular weight is 245 g/mol. The molecule has 17 heavy (non-hydrogen) atoms. The summed E-state index contributed by atoms with van der Waals surface area (Å²) in [5.74, 6) is -4.04. The summed E-state index contributed by atoms with van der Waals surface area (Å²) >= 11 is 0. The largest absolute Gasteiger partial charge is 0.480 e. The molecule has 1 fully saturated rings. The summed E-state index contributed by atoms with van der Waals surface area (Å²) in [7, 11) is 0. The number of carbonyl (C=O) groups is 1. The van der Waals surface area contributed by atoms with Crippen LogP contribution in [0.25, 0.3) is 0 Å². The fraction of sp³-hybridized carbons (Fsp3) is 0.364. The molecule has 0 aromatic heterocycles. The predicted octanol–water partition coefficient (Wildman–Crippen LogP) is 1.98. The molecule has 0 aliphatic carbocycles. The Morgan fingerprint density at radius 3 is 2.29 bits per heavy atom. The fourth-order valence-corrected chi connectivity index (χ4v) is 2.05. The molecular weight excluding hydrogens is 235 g/mol. The van der Waals surface area contributed by atoms with Crippen molar-refractivity contribution in [1.82, 2.24) is 5.32 Å². The highest BCUT2D eigenvalue weighted by Crippen LogP contribution is 2.30. The first-order chi connectivity index (χ1) is 7.99. The van der Waals surface area contributed by atoms with Crippen molar-refractivity contribution in [2.75, 3.05) is 0 Å². The number of aliphatic carboxylic acids is 1. The van der Waals surface area contributed by atoms with Gasteiger partial charge in [0.2, 0.25) is 0 Å². The lowest BCUT2D eigenvalue weighted by Crippen LogP contribution is -2.32. The number of nitrogens with one attached hydrogen (secondary N) is 1. The molecule has 0 amide bonds. The molecule has 92 valence electrons. The second kappa shape index (κ2) is 4.37. The van der Waals surface area contributed by atoms with Crippen LogP contribution in [0.4, 0.5) is 13.2 Å².